The highest BCUT2D eigenvalue weighted by Gasteiger charge is 2.37. The van der Waals surface area contributed by atoms with E-state index < -0.39 is 31.7 Å². The van der Waals surface area contributed by atoms with E-state index in [0.717, 1.165) is 35.7 Å². The number of carbonyl (C=O) groups is 1. The third-order valence-corrected chi connectivity index (χ3v) is 8.37. The number of halogens is 4. The number of nitrogens with one attached hydrogen (secondary N) is 1. The highest BCUT2D eigenvalue weighted by Crippen LogP contribution is 2.37. The zero-order valence-electron chi connectivity index (χ0n) is 16.7. The summed E-state index contributed by atoms with van der Waals surface area (Å²) in [5, 5.41) is 2.56. The summed E-state index contributed by atoms with van der Waals surface area (Å²) in [6.07, 6.45) is 0.236. The van der Waals surface area contributed by atoms with Gasteiger partial charge >= 0.3 is 6.18 Å². The van der Waals surface area contributed by atoms with E-state index >= 15 is 0 Å². The molecule has 3 rings (SSSR count). The molecule has 0 bridgehead atoms. The zero-order chi connectivity index (χ0) is 22.1. The van der Waals surface area contributed by atoms with E-state index in [1.165, 1.54) is 6.42 Å². The predicted octanol–water partition coefficient (Wildman–Crippen LogP) is 4.45. The van der Waals surface area contributed by atoms with Crippen molar-refractivity contribution in [1.29, 1.82) is 0 Å². The molecule has 1 aromatic carbocycles. The van der Waals surface area contributed by atoms with Gasteiger partial charge in [-0.2, -0.15) is 17.5 Å². The van der Waals surface area contributed by atoms with Gasteiger partial charge in [0.1, 0.15) is 0 Å². The van der Waals surface area contributed by atoms with E-state index in [9.17, 15) is 26.4 Å². The van der Waals surface area contributed by atoms with Crippen LogP contribution in [0.5, 0.6) is 0 Å². The predicted molar refractivity (Wildman–Crippen MR) is 107 cm³/mol. The van der Waals surface area contributed by atoms with Crippen LogP contribution in [0, 0.1) is 11.8 Å². The van der Waals surface area contributed by atoms with Gasteiger partial charge in [-0.15, -0.1) is 0 Å². The molecule has 168 valence electrons. The van der Waals surface area contributed by atoms with Crippen molar-refractivity contribution in [3.8, 4) is 0 Å². The lowest BCUT2D eigenvalue weighted by Crippen LogP contribution is -2.47. The molecule has 1 aliphatic carbocycles. The SMILES string of the molecule is C[C@H]1CCCC[C@H]1NC(=O)C1CCN(S(=O)(=O)c2ccc(Cl)c(C(F)(F)F)c2)CC1. The van der Waals surface area contributed by atoms with Gasteiger partial charge in [0.15, 0.2) is 0 Å². The van der Waals surface area contributed by atoms with Crippen LogP contribution in [0.1, 0.15) is 51.0 Å². The van der Waals surface area contributed by atoms with E-state index in [1.54, 1.807) is 0 Å². The van der Waals surface area contributed by atoms with E-state index in [2.05, 4.69) is 12.2 Å². The van der Waals surface area contributed by atoms with E-state index in [0.29, 0.717) is 24.8 Å². The molecule has 0 unspecified atom stereocenters. The molecule has 1 heterocycles. The maximum atomic E-state index is 13.1. The van der Waals surface area contributed by atoms with Gasteiger partial charge in [0, 0.05) is 25.0 Å². The fraction of sp³-hybridized carbons (Fsp3) is 0.650. The molecule has 5 nitrogen and oxygen atoms in total. The van der Waals surface area contributed by atoms with Crippen LogP contribution in [0.25, 0.3) is 0 Å². The highest BCUT2D eigenvalue weighted by atomic mass is 35.5. The van der Waals surface area contributed by atoms with Gasteiger partial charge in [-0.25, -0.2) is 8.42 Å². The first-order valence-corrected chi connectivity index (χ1v) is 12.0. The van der Waals surface area contributed by atoms with Gasteiger partial charge in [0.25, 0.3) is 0 Å². The van der Waals surface area contributed by atoms with Crippen LogP contribution in [0.3, 0.4) is 0 Å². The number of sulfonamides is 1. The van der Waals surface area contributed by atoms with Crippen molar-refractivity contribution in [3.63, 3.8) is 0 Å². The van der Waals surface area contributed by atoms with E-state index in [-0.39, 0.29) is 31.0 Å². The summed E-state index contributed by atoms with van der Waals surface area (Å²) in [5.74, 6) is 0.0779. The zero-order valence-corrected chi connectivity index (χ0v) is 18.3. The lowest BCUT2D eigenvalue weighted by atomic mass is 9.85. The van der Waals surface area contributed by atoms with Gasteiger partial charge in [-0.3, -0.25) is 4.79 Å². The fourth-order valence-corrected chi connectivity index (χ4v) is 5.94. The minimum atomic E-state index is -4.75. The first-order chi connectivity index (χ1) is 14.0. The van der Waals surface area contributed by atoms with Crippen molar-refractivity contribution in [2.24, 2.45) is 11.8 Å². The second-order valence-electron chi connectivity index (χ2n) is 8.19. The van der Waals surface area contributed by atoms with Crippen molar-refractivity contribution in [3.05, 3.63) is 28.8 Å². The molecule has 2 aliphatic rings. The molecule has 0 spiro atoms. The number of alkyl halides is 3. The van der Waals surface area contributed by atoms with Crippen LogP contribution >= 0.6 is 11.6 Å². The Kier molecular flexibility index (Phi) is 7.04. The molecule has 2 atom stereocenters. The lowest BCUT2D eigenvalue weighted by Gasteiger charge is -2.34. The van der Waals surface area contributed by atoms with Crippen LogP contribution in [-0.4, -0.2) is 37.8 Å². The highest BCUT2D eigenvalue weighted by molar-refractivity contribution is 7.89. The van der Waals surface area contributed by atoms with Gasteiger partial charge in [-0.1, -0.05) is 31.4 Å². The van der Waals surface area contributed by atoms with Gasteiger partial charge in [-0.05, 0) is 49.8 Å². The smallest absolute Gasteiger partial charge is 0.353 e. The van der Waals surface area contributed by atoms with Crippen molar-refractivity contribution in [1.82, 2.24) is 9.62 Å². The molecule has 0 aromatic heterocycles. The number of piperidine rings is 1. The number of hydrogen-bond acceptors (Lipinski definition) is 3. The third kappa shape index (κ3) is 5.11. The summed E-state index contributed by atoms with van der Waals surface area (Å²) < 4.78 is 66.0. The Morgan fingerprint density at radius 1 is 1.13 bits per heavy atom. The molecule has 0 radical (unpaired) electrons. The molecular formula is C20H26ClF3N2O3S. The van der Waals surface area contributed by atoms with Crippen molar-refractivity contribution < 1.29 is 26.4 Å². The molecule has 1 aromatic rings. The van der Waals surface area contributed by atoms with Crippen LogP contribution in [-0.2, 0) is 21.0 Å². The molecule has 1 N–H and O–H groups in total. The molecule has 30 heavy (non-hydrogen) atoms. The summed E-state index contributed by atoms with van der Waals surface area (Å²) in [7, 11) is -4.10. The van der Waals surface area contributed by atoms with Crippen molar-refractivity contribution >= 4 is 27.5 Å². The average molecular weight is 467 g/mol. The second-order valence-corrected chi connectivity index (χ2v) is 10.5. The summed E-state index contributed by atoms with van der Waals surface area (Å²) >= 11 is 5.59. The van der Waals surface area contributed by atoms with Gasteiger partial charge in [0.2, 0.25) is 15.9 Å². The fourth-order valence-electron chi connectivity index (χ4n) is 4.22. The number of hydrogen-bond donors (Lipinski definition) is 1. The molecule has 1 amide bonds. The summed E-state index contributed by atoms with van der Waals surface area (Å²) in [6.45, 7) is 2.30. The van der Waals surface area contributed by atoms with Crippen molar-refractivity contribution in [2.75, 3.05) is 13.1 Å². The quantitative estimate of drug-likeness (QED) is 0.712. The number of rotatable bonds is 4. The van der Waals surface area contributed by atoms with Crippen molar-refractivity contribution in [2.45, 2.75) is 62.6 Å². The first-order valence-electron chi connectivity index (χ1n) is 10.2. The Labute approximate surface area is 180 Å². The Morgan fingerprint density at radius 3 is 2.37 bits per heavy atom. The van der Waals surface area contributed by atoms with Crippen LogP contribution in [0.4, 0.5) is 13.2 Å². The normalized spacial score (nSPS) is 24.6. The summed E-state index contributed by atoms with van der Waals surface area (Å²) in [5.41, 5.74) is -1.18. The maximum Gasteiger partial charge on any atom is 0.417 e. The second kappa shape index (κ2) is 9.04. The Hall–Kier alpha value is -1.32. The standard InChI is InChI=1S/C20H26ClF3N2O3S/c1-13-4-2-3-5-18(13)25-19(27)14-8-10-26(11-9-14)30(28,29)15-6-7-17(21)16(12-15)20(22,23)24/h6-7,12-14,18H,2-5,8-11H2,1H3,(H,25,27)/t13-,18+/m0/s1. The molecule has 10 heteroatoms. The Bertz CT molecular complexity index is 884. The summed E-state index contributed by atoms with van der Waals surface area (Å²) in [6, 6.07) is 2.75. The largest absolute Gasteiger partial charge is 0.417 e. The van der Waals surface area contributed by atoms with E-state index in [4.69, 9.17) is 11.6 Å². The van der Waals surface area contributed by atoms with E-state index in [1.807, 2.05) is 0 Å². The molecule has 1 aliphatic heterocycles. The molecule has 2 fully saturated rings. The lowest BCUT2D eigenvalue weighted by molar-refractivity contribution is -0.137. The molecule has 1 saturated heterocycles. The minimum absolute atomic E-state index is 0.0587. The van der Waals surface area contributed by atoms with Gasteiger partial charge in [0.05, 0.1) is 15.5 Å². The molecular weight excluding hydrogens is 441 g/mol. The van der Waals surface area contributed by atoms with Gasteiger partial charge < -0.3 is 5.32 Å². The maximum absolute atomic E-state index is 13.1. The first kappa shape index (κ1) is 23.3. The van der Waals surface area contributed by atoms with Crippen LogP contribution < -0.4 is 5.32 Å². The average Bonchev–Trinajstić information content (AvgIpc) is 2.69. The topological polar surface area (TPSA) is 66.5 Å². The molecule has 1 saturated carbocycles. The number of amides is 1. The van der Waals surface area contributed by atoms with Crippen LogP contribution in [0.2, 0.25) is 5.02 Å². The van der Waals surface area contributed by atoms with Crippen LogP contribution in [0.15, 0.2) is 23.1 Å². The Balaban J connectivity index is 1.65. The monoisotopic (exact) mass is 466 g/mol. The number of nitrogens with zero attached hydrogens (tertiary/aromatic N) is 1. The minimum Gasteiger partial charge on any atom is -0.353 e. The Morgan fingerprint density at radius 2 is 1.77 bits per heavy atom. The third-order valence-electron chi connectivity index (χ3n) is 6.14. The number of benzene rings is 1. The number of carbonyl (C=O) groups excluding carboxylic acids is 1. The summed E-state index contributed by atoms with van der Waals surface area (Å²) in [4.78, 5) is 12.2.